The number of carbonyl (C=O) groups excluding carboxylic acids is 2. The minimum Gasteiger partial charge on any atom is -0.493 e. The number of piperidine rings is 1. The van der Waals surface area contributed by atoms with Crippen LogP contribution in [0.5, 0.6) is 11.5 Å². The molecule has 0 spiro atoms. The van der Waals surface area contributed by atoms with E-state index in [-0.39, 0.29) is 17.7 Å². The lowest BCUT2D eigenvalue weighted by Gasteiger charge is -2.31. The van der Waals surface area contributed by atoms with Gasteiger partial charge in [0.1, 0.15) is 18.1 Å². The molecule has 3 rings (SSSR count). The van der Waals surface area contributed by atoms with Crippen molar-refractivity contribution in [3.8, 4) is 11.5 Å². The van der Waals surface area contributed by atoms with Crippen molar-refractivity contribution in [1.82, 2.24) is 10.2 Å². The van der Waals surface area contributed by atoms with E-state index < -0.39 is 0 Å². The third-order valence-corrected chi connectivity index (χ3v) is 5.60. The lowest BCUT2D eigenvalue weighted by Crippen LogP contribution is -2.43. The van der Waals surface area contributed by atoms with Crippen LogP contribution < -0.4 is 14.8 Å². The van der Waals surface area contributed by atoms with Gasteiger partial charge in [0.15, 0.2) is 0 Å². The van der Waals surface area contributed by atoms with Gasteiger partial charge in [-0.15, -0.1) is 0 Å². The number of amides is 2. The van der Waals surface area contributed by atoms with Crippen molar-refractivity contribution in [3.05, 3.63) is 58.6 Å². The molecule has 1 N–H and O–H groups in total. The Morgan fingerprint density at radius 1 is 0.871 bits per heavy atom. The first-order valence-electron chi connectivity index (χ1n) is 10.3. The third kappa shape index (κ3) is 7.64. The second-order valence-corrected chi connectivity index (χ2v) is 8.17. The fourth-order valence-electron chi connectivity index (χ4n) is 3.35. The molecule has 0 radical (unpaired) electrons. The molecule has 0 unspecified atom stereocenters. The normalized spacial score (nSPS) is 14.2. The van der Waals surface area contributed by atoms with Crippen LogP contribution in [0.3, 0.4) is 0 Å². The average molecular weight is 465 g/mol. The molecule has 2 aromatic rings. The summed E-state index contributed by atoms with van der Waals surface area (Å²) in [6.07, 6.45) is 1.63. The molecule has 0 aromatic heterocycles. The summed E-state index contributed by atoms with van der Waals surface area (Å²) >= 11 is 11.7. The Morgan fingerprint density at radius 3 is 1.94 bits per heavy atom. The Hall–Kier alpha value is -2.44. The van der Waals surface area contributed by atoms with Crippen molar-refractivity contribution in [3.63, 3.8) is 0 Å². The summed E-state index contributed by atoms with van der Waals surface area (Å²) in [5.74, 6) is 1.38. The first-order chi connectivity index (χ1) is 15.0. The molecule has 1 heterocycles. The van der Waals surface area contributed by atoms with Crippen LogP contribution in [-0.4, -0.2) is 49.6 Å². The van der Waals surface area contributed by atoms with Gasteiger partial charge in [0.25, 0.3) is 0 Å². The van der Waals surface area contributed by atoms with Gasteiger partial charge in [-0.2, -0.15) is 0 Å². The van der Waals surface area contributed by atoms with E-state index in [1.165, 1.54) is 0 Å². The van der Waals surface area contributed by atoms with Crippen molar-refractivity contribution >= 4 is 35.0 Å². The minimum atomic E-state index is -0.0788. The van der Waals surface area contributed by atoms with Crippen LogP contribution in [0.25, 0.3) is 0 Å². The Kier molecular flexibility index (Phi) is 8.85. The minimum absolute atomic E-state index is 0.0119. The molecule has 0 atom stereocenters. The fourth-order valence-corrected chi connectivity index (χ4v) is 3.61. The van der Waals surface area contributed by atoms with Crippen LogP contribution in [0.4, 0.5) is 0 Å². The highest BCUT2D eigenvalue weighted by atomic mass is 35.5. The molecular weight excluding hydrogens is 439 g/mol. The molecule has 8 heteroatoms. The maximum absolute atomic E-state index is 12.4. The molecule has 31 heavy (non-hydrogen) atoms. The zero-order valence-corrected chi connectivity index (χ0v) is 18.7. The van der Waals surface area contributed by atoms with Gasteiger partial charge in [-0.05, 0) is 61.4 Å². The highest BCUT2D eigenvalue weighted by Crippen LogP contribution is 2.19. The molecule has 1 aliphatic heterocycles. The van der Waals surface area contributed by atoms with E-state index in [0.717, 1.165) is 0 Å². The fraction of sp³-hybridized carbons (Fsp3) is 0.391. The van der Waals surface area contributed by atoms with Crippen molar-refractivity contribution in [1.29, 1.82) is 0 Å². The number of likely N-dealkylation sites (tertiary alicyclic amines) is 1. The van der Waals surface area contributed by atoms with E-state index in [1.54, 1.807) is 53.4 Å². The zero-order valence-electron chi connectivity index (χ0n) is 17.2. The predicted molar refractivity (Wildman–Crippen MR) is 121 cm³/mol. The predicted octanol–water partition coefficient (Wildman–Crippen LogP) is 4.20. The second kappa shape index (κ2) is 11.8. The van der Waals surface area contributed by atoms with Crippen LogP contribution >= 0.6 is 23.2 Å². The zero-order chi connectivity index (χ0) is 22.1. The van der Waals surface area contributed by atoms with E-state index >= 15 is 0 Å². The number of rotatable bonds is 9. The lowest BCUT2D eigenvalue weighted by atomic mass is 9.95. The van der Waals surface area contributed by atoms with Crippen molar-refractivity contribution in [2.45, 2.75) is 19.3 Å². The number of nitrogens with one attached hydrogen (secondary N) is 1. The Bertz CT molecular complexity index is 851. The average Bonchev–Trinajstić information content (AvgIpc) is 2.79. The number of benzene rings is 2. The molecule has 1 saturated heterocycles. The number of ether oxygens (including phenoxy) is 2. The van der Waals surface area contributed by atoms with Gasteiger partial charge in [0, 0.05) is 29.1 Å². The molecule has 166 valence electrons. The molecular formula is C23H26Cl2N2O4. The van der Waals surface area contributed by atoms with Crippen molar-refractivity contribution in [2.75, 3.05) is 32.8 Å². The number of hydrogen-bond donors (Lipinski definition) is 1. The lowest BCUT2D eigenvalue weighted by molar-refractivity contribution is -0.136. The van der Waals surface area contributed by atoms with Gasteiger partial charge in [-0.25, -0.2) is 0 Å². The maximum Gasteiger partial charge on any atom is 0.225 e. The number of nitrogens with zero attached hydrogens (tertiary/aromatic N) is 1. The SMILES string of the molecule is O=C(NCCOc1ccc(Cl)cc1)C1CCN(C(=O)CCOc2ccc(Cl)cc2)CC1. The maximum atomic E-state index is 12.4. The molecule has 6 nitrogen and oxygen atoms in total. The number of hydrogen-bond acceptors (Lipinski definition) is 4. The monoisotopic (exact) mass is 464 g/mol. The summed E-state index contributed by atoms with van der Waals surface area (Å²) in [5.41, 5.74) is 0. The van der Waals surface area contributed by atoms with E-state index in [1.807, 2.05) is 0 Å². The number of halogens is 2. The molecule has 0 bridgehead atoms. The highest BCUT2D eigenvalue weighted by Gasteiger charge is 2.27. The highest BCUT2D eigenvalue weighted by molar-refractivity contribution is 6.30. The smallest absolute Gasteiger partial charge is 0.225 e. The molecule has 2 aromatic carbocycles. The molecule has 0 aliphatic carbocycles. The molecule has 0 saturated carbocycles. The van der Waals surface area contributed by atoms with Crippen molar-refractivity contribution < 1.29 is 19.1 Å². The Morgan fingerprint density at radius 2 is 1.39 bits per heavy atom. The van der Waals surface area contributed by atoms with E-state index in [2.05, 4.69) is 5.32 Å². The topological polar surface area (TPSA) is 67.9 Å². The van der Waals surface area contributed by atoms with Crippen LogP contribution in [0.15, 0.2) is 48.5 Å². The van der Waals surface area contributed by atoms with Gasteiger partial charge < -0.3 is 19.7 Å². The van der Waals surface area contributed by atoms with Gasteiger partial charge in [0.2, 0.25) is 11.8 Å². The summed E-state index contributed by atoms with van der Waals surface area (Å²) < 4.78 is 11.2. The van der Waals surface area contributed by atoms with E-state index in [9.17, 15) is 9.59 Å². The Balaban J connectivity index is 1.29. The quantitative estimate of drug-likeness (QED) is 0.564. The van der Waals surface area contributed by atoms with Crippen LogP contribution in [0, 0.1) is 5.92 Å². The third-order valence-electron chi connectivity index (χ3n) is 5.10. The summed E-state index contributed by atoms with van der Waals surface area (Å²) in [6, 6.07) is 14.1. The molecule has 1 aliphatic rings. The summed E-state index contributed by atoms with van der Waals surface area (Å²) in [7, 11) is 0. The van der Waals surface area contributed by atoms with Gasteiger partial charge in [-0.1, -0.05) is 23.2 Å². The molecule has 2 amide bonds. The first-order valence-corrected chi connectivity index (χ1v) is 11.1. The van der Waals surface area contributed by atoms with Gasteiger partial charge >= 0.3 is 0 Å². The van der Waals surface area contributed by atoms with Gasteiger partial charge in [-0.3, -0.25) is 9.59 Å². The van der Waals surface area contributed by atoms with Crippen LogP contribution in [-0.2, 0) is 9.59 Å². The van der Waals surface area contributed by atoms with E-state index in [4.69, 9.17) is 32.7 Å². The van der Waals surface area contributed by atoms with E-state index in [0.29, 0.717) is 73.7 Å². The summed E-state index contributed by atoms with van der Waals surface area (Å²) in [6.45, 7) is 2.30. The van der Waals surface area contributed by atoms with Gasteiger partial charge in [0.05, 0.1) is 19.6 Å². The summed E-state index contributed by atoms with van der Waals surface area (Å²) in [4.78, 5) is 26.6. The van der Waals surface area contributed by atoms with Crippen LogP contribution in [0.2, 0.25) is 10.0 Å². The number of carbonyl (C=O) groups is 2. The molecule has 1 fully saturated rings. The Labute approximate surface area is 192 Å². The second-order valence-electron chi connectivity index (χ2n) is 7.30. The van der Waals surface area contributed by atoms with Crippen LogP contribution in [0.1, 0.15) is 19.3 Å². The largest absolute Gasteiger partial charge is 0.493 e. The van der Waals surface area contributed by atoms with Crippen molar-refractivity contribution in [2.24, 2.45) is 5.92 Å². The standard InChI is InChI=1S/C23H26Cl2N2O4/c24-18-1-5-20(6-2-18)30-15-11-22(28)27-13-9-17(10-14-27)23(29)26-12-16-31-21-7-3-19(25)4-8-21/h1-8,17H,9-16H2,(H,26,29). The summed E-state index contributed by atoms with van der Waals surface area (Å²) in [5, 5.41) is 4.21. The first kappa shape index (κ1) is 23.2.